The van der Waals surface area contributed by atoms with Crippen LogP contribution in [0.1, 0.15) is 46.5 Å². The Bertz CT molecular complexity index is 410. The fourth-order valence-corrected chi connectivity index (χ4v) is 1.95. The van der Waals surface area contributed by atoms with Crippen molar-refractivity contribution in [1.29, 1.82) is 0 Å². The van der Waals surface area contributed by atoms with Gasteiger partial charge >= 0.3 is 5.97 Å². The third-order valence-corrected chi connectivity index (χ3v) is 2.95. The zero-order valence-corrected chi connectivity index (χ0v) is 8.91. The molecule has 1 N–H and O–H groups in total. The van der Waals surface area contributed by atoms with E-state index < -0.39 is 6.10 Å². The van der Waals surface area contributed by atoms with Gasteiger partial charge in [0.1, 0.15) is 6.61 Å². The molecule has 1 aliphatic rings. The van der Waals surface area contributed by atoms with Crippen molar-refractivity contribution in [3.05, 3.63) is 34.4 Å². The Hall–Kier alpha value is -1.35. The average Bonchev–Trinajstić information content (AvgIpc) is 2.61. The number of aliphatic hydroxyl groups excluding tert-OH is 1. The van der Waals surface area contributed by atoms with Crippen LogP contribution >= 0.6 is 0 Å². The van der Waals surface area contributed by atoms with Gasteiger partial charge in [-0.3, -0.25) is 0 Å². The molecule has 0 radical (unpaired) electrons. The van der Waals surface area contributed by atoms with Crippen LogP contribution in [-0.2, 0) is 11.3 Å². The van der Waals surface area contributed by atoms with E-state index in [0.717, 1.165) is 16.7 Å². The van der Waals surface area contributed by atoms with Gasteiger partial charge in [0, 0.05) is 5.56 Å². The molecule has 1 aromatic rings. The molecule has 1 heterocycles. The van der Waals surface area contributed by atoms with Gasteiger partial charge in [-0.2, -0.15) is 0 Å². The quantitative estimate of drug-likeness (QED) is 0.754. The third kappa shape index (κ3) is 1.53. The molecule has 1 aromatic carbocycles. The van der Waals surface area contributed by atoms with E-state index in [0.29, 0.717) is 18.6 Å². The van der Waals surface area contributed by atoms with E-state index in [4.69, 9.17) is 4.74 Å². The molecular formula is C12H14O3. The molecular weight excluding hydrogens is 192 g/mol. The van der Waals surface area contributed by atoms with Gasteiger partial charge in [-0.1, -0.05) is 13.0 Å². The topological polar surface area (TPSA) is 46.5 Å². The summed E-state index contributed by atoms with van der Waals surface area (Å²) in [4.78, 5) is 11.3. The molecule has 15 heavy (non-hydrogen) atoms. The zero-order valence-electron chi connectivity index (χ0n) is 8.91. The summed E-state index contributed by atoms with van der Waals surface area (Å²) in [7, 11) is 0. The Morgan fingerprint density at radius 1 is 1.53 bits per heavy atom. The smallest absolute Gasteiger partial charge is 0.338 e. The first-order valence-electron chi connectivity index (χ1n) is 5.12. The van der Waals surface area contributed by atoms with Crippen LogP contribution in [0.3, 0.4) is 0 Å². The fourth-order valence-electron chi connectivity index (χ4n) is 1.95. The number of rotatable bonds is 2. The van der Waals surface area contributed by atoms with Crippen molar-refractivity contribution < 1.29 is 14.6 Å². The van der Waals surface area contributed by atoms with Crippen LogP contribution in [0.4, 0.5) is 0 Å². The van der Waals surface area contributed by atoms with Crippen LogP contribution in [0.15, 0.2) is 12.1 Å². The fraction of sp³-hybridized carbons (Fsp3) is 0.417. The molecule has 0 bridgehead atoms. The highest BCUT2D eigenvalue weighted by atomic mass is 16.5. The Labute approximate surface area is 88.7 Å². The normalized spacial score (nSPS) is 16.1. The summed E-state index contributed by atoms with van der Waals surface area (Å²) in [5.41, 5.74) is 3.44. The summed E-state index contributed by atoms with van der Waals surface area (Å²) in [6.45, 7) is 4.19. The number of hydrogen-bond acceptors (Lipinski definition) is 3. The highest BCUT2D eigenvalue weighted by molar-refractivity contribution is 5.93. The monoisotopic (exact) mass is 206 g/mol. The van der Waals surface area contributed by atoms with Crippen molar-refractivity contribution in [3.8, 4) is 0 Å². The van der Waals surface area contributed by atoms with E-state index in [1.807, 2.05) is 19.9 Å². The molecule has 2 rings (SSSR count). The van der Waals surface area contributed by atoms with E-state index in [9.17, 15) is 9.90 Å². The zero-order chi connectivity index (χ0) is 11.0. The van der Waals surface area contributed by atoms with Gasteiger partial charge in [0.15, 0.2) is 0 Å². The number of cyclic esters (lactones) is 1. The number of hydrogen-bond donors (Lipinski definition) is 1. The molecule has 0 saturated carbocycles. The number of esters is 1. The molecule has 0 saturated heterocycles. The van der Waals surface area contributed by atoms with Crippen molar-refractivity contribution >= 4 is 5.97 Å². The molecule has 80 valence electrons. The van der Waals surface area contributed by atoms with E-state index in [2.05, 4.69) is 0 Å². The summed E-state index contributed by atoms with van der Waals surface area (Å²) in [5, 5.41) is 9.78. The molecule has 0 unspecified atom stereocenters. The maximum atomic E-state index is 11.3. The predicted octanol–water partition coefficient (Wildman–Crippen LogP) is 2.11. The SMILES string of the molecule is CC[C@@H](O)c1ccc2c(c1C)COC2=O. The highest BCUT2D eigenvalue weighted by Gasteiger charge is 2.24. The second kappa shape index (κ2) is 3.66. The van der Waals surface area contributed by atoms with Gasteiger partial charge < -0.3 is 9.84 Å². The lowest BCUT2D eigenvalue weighted by Gasteiger charge is -2.13. The average molecular weight is 206 g/mol. The summed E-state index contributed by atoms with van der Waals surface area (Å²) in [6, 6.07) is 3.56. The molecule has 1 aliphatic heterocycles. The number of carbonyl (C=O) groups is 1. The lowest BCUT2D eigenvalue weighted by atomic mass is 9.94. The van der Waals surface area contributed by atoms with Gasteiger partial charge in [0.25, 0.3) is 0 Å². The Balaban J connectivity index is 2.51. The van der Waals surface area contributed by atoms with Crippen molar-refractivity contribution in [2.24, 2.45) is 0 Å². The maximum Gasteiger partial charge on any atom is 0.338 e. The summed E-state index contributed by atoms with van der Waals surface area (Å²) < 4.78 is 4.95. The Morgan fingerprint density at radius 3 is 2.93 bits per heavy atom. The van der Waals surface area contributed by atoms with Crippen LogP contribution in [0, 0.1) is 6.92 Å². The van der Waals surface area contributed by atoms with E-state index in [1.165, 1.54) is 0 Å². The molecule has 0 aromatic heterocycles. The molecule has 3 heteroatoms. The maximum absolute atomic E-state index is 11.3. The van der Waals surface area contributed by atoms with Gasteiger partial charge in [-0.15, -0.1) is 0 Å². The first kappa shape index (κ1) is 10.2. The van der Waals surface area contributed by atoms with Crippen LogP contribution in [0.25, 0.3) is 0 Å². The minimum absolute atomic E-state index is 0.259. The van der Waals surface area contributed by atoms with E-state index in [-0.39, 0.29) is 5.97 Å². The minimum atomic E-state index is -0.453. The number of ether oxygens (including phenoxy) is 1. The van der Waals surface area contributed by atoms with Crippen molar-refractivity contribution in [1.82, 2.24) is 0 Å². The Kier molecular flexibility index (Phi) is 2.49. The second-order valence-electron chi connectivity index (χ2n) is 3.81. The van der Waals surface area contributed by atoms with Crippen molar-refractivity contribution in [2.45, 2.75) is 33.0 Å². The minimum Gasteiger partial charge on any atom is -0.457 e. The van der Waals surface area contributed by atoms with Gasteiger partial charge in [0.2, 0.25) is 0 Å². The number of carbonyl (C=O) groups excluding carboxylic acids is 1. The van der Waals surface area contributed by atoms with Gasteiger partial charge in [-0.05, 0) is 30.5 Å². The number of fused-ring (bicyclic) bond motifs is 1. The van der Waals surface area contributed by atoms with Crippen LogP contribution in [0.5, 0.6) is 0 Å². The van der Waals surface area contributed by atoms with Crippen LogP contribution in [0.2, 0.25) is 0 Å². The molecule has 1 atom stereocenters. The lowest BCUT2D eigenvalue weighted by Crippen LogP contribution is -2.02. The highest BCUT2D eigenvalue weighted by Crippen LogP contribution is 2.29. The summed E-state index contributed by atoms with van der Waals surface area (Å²) in [5.74, 6) is -0.259. The Morgan fingerprint density at radius 2 is 2.27 bits per heavy atom. The number of benzene rings is 1. The number of aliphatic hydroxyl groups is 1. The lowest BCUT2D eigenvalue weighted by molar-refractivity contribution is 0.0535. The van der Waals surface area contributed by atoms with Gasteiger partial charge in [0.05, 0.1) is 11.7 Å². The van der Waals surface area contributed by atoms with Crippen LogP contribution in [-0.4, -0.2) is 11.1 Å². The predicted molar refractivity (Wildman–Crippen MR) is 55.5 cm³/mol. The first-order valence-corrected chi connectivity index (χ1v) is 5.12. The van der Waals surface area contributed by atoms with E-state index >= 15 is 0 Å². The van der Waals surface area contributed by atoms with Gasteiger partial charge in [-0.25, -0.2) is 4.79 Å². The molecule has 0 spiro atoms. The van der Waals surface area contributed by atoms with Crippen LogP contribution < -0.4 is 0 Å². The third-order valence-electron chi connectivity index (χ3n) is 2.95. The largest absolute Gasteiger partial charge is 0.457 e. The van der Waals surface area contributed by atoms with Crippen molar-refractivity contribution in [2.75, 3.05) is 0 Å². The first-order chi connectivity index (χ1) is 7.15. The second-order valence-corrected chi connectivity index (χ2v) is 3.81. The summed E-state index contributed by atoms with van der Waals surface area (Å²) >= 11 is 0. The summed E-state index contributed by atoms with van der Waals surface area (Å²) in [6.07, 6.45) is 0.222. The van der Waals surface area contributed by atoms with E-state index in [1.54, 1.807) is 6.07 Å². The molecule has 3 nitrogen and oxygen atoms in total. The standard InChI is InChI=1S/C12H14O3/c1-3-11(13)8-4-5-9-10(7(8)2)6-15-12(9)14/h4-5,11,13H,3,6H2,1-2H3/t11-/m1/s1. The molecule has 0 fully saturated rings. The molecule has 0 amide bonds. The molecule has 0 aliphatic carbocycles. The van der Waals surface area contributed by atoms with Crippen molar-refractivity contribution in [3.63, 3.8) is 0 Å².